The average molecular weight is 348 g/mol. The van der Waals surface area contributed by atoms with Crippen molar-refractivity contribution in [2.45, 2.75) is 45.4 Å². The highest BCUT2D eigenvalue weighted by Crippen LogP contribution is 2.22. The van der Waals surface area contributed by atoms with E-state index in [2.05, 4.69) is 45.8 Å². The largest absolute Gasteiger partial charge is 0.390 e. The van der Waals surface area contributed by atoms with Crippen LogP contribution in [0.1, 0.15) is 44.4 Å². The minimum atomic E-state index is -0.409. The third-order valence-corrected chi connectivity index (χ3v) is 4.71. The zero-order valence-corrected chi connectivity index (χ0v) is 15.2. The predicted molar refractivity (Wildman–Crippen MR) is 93.0 cm³/mol. The summed E-state index contributed by atoms with van der Waals surface area (Å²) in [5.74, 6) is 1.73. The number of hydrogen-bond donors (Lipinski definition) is 1. The second kappa shape index (κ2) is 8.07. The molecule has 1 aliphatic heterocycles. The van der Waals surface area contributed by atoms with Gasteiger partial charge in [0, 0.05) is 51.0 Å². The van der Waals surface area contributed by atoms with Gasteiger partial charge in [0.2, 0.25) is 5.89 Å². The molecule has 2 aromatic heterocycles. The van der Waals surface area contributed by atoms with Gasteiger partial charge in [-0.15, -0.1) is 0 Å². The smallest absolute Gasteiger partial charge is 0.243 e. The standard InChI is InChI=1S/C17H28N6O2/c1-13(2)16-19-17(25-20-16)14(3)22-9-7-21(8-10-22)11-15(24)12-23-6-4-5-18-23/h4-6,13-15,24H,7-12H2,1-3H3/t14-,15+/m0/s1. The van der Waals surface area contributed by atoms with Gasteiger partial charge in [-0.25, -0.2) is 0 Å². The van der Waals surface area contributed by atoms with Gasteiger partial charge in [0.15, 0.2) is 5.82 Å². The summed E-state index contributed by atoms with van der Waals surface area (Å²) in [6.07, 6.45) is 3.20. The van der Waals surface area contributed by atoms with Gasteiger partial charge in [-0.2, -0.15) is 10.1 Å². The fourth-order valence-corrected chi connectivity index (χ4v) is 3.12. The monoisotopic (exact) mass is 348 g/mol. The lowest BCUT2D eigenvalue weighted by molar-refractivity contribution is 0.0459. The van der Waals surface area contributed by atoms with Crippen LogP contribution in [0.5, 0.6) is 0 Å². The molecular weight excluding hydrogens is 320 g/mol. The van der Waals surface area contributed by atoms with Crippen LogP contribution in [0, 0.1) is 0 Å². The summed E-state index contributed by atoms with van der Waals surface area (Å²) in [7, 11) is 0. The lowest BCUT2D eigenvalue weighted by atomic mass is 10.2. The van der Waals surface area contributed by atoms with E-state index in [1.165, 1.54) is 0 Å². The zero-order chi connectivity index (χ0) is 17.8. The van der Waals surface area contributed by atoms with Crippen molar-refractivity contribution in [1.29, 1.82) is 0 Å². The van der Waals surface area contributed by atoms with Gasteiger partial charge in [0.25, 0.3) is 0 Å². The first-order valence-corrected chi connectivity index (χ1v) is 8.98. The van der Waals surface area contributed by atoms with Crippen LogP contribution in [0.25, 0.3) is 0 Å². The average Bonchev–Trinajstić information content (AvgIpc) is 3.26. The summed E-state index contributed by atoms with van der Waals surface area (Å²) in [4.78, 5) is 9.16. The van der Waals surface area contributed by atoms with Crippen molar-refractivity contribution in [2.24, 2.45) is 0 Å². The number of piperazine rings is 1. The molecule has 0 amide bonds. The van der Waals surface area contributed by atoms with Crippen molar-refractivity contribution < 1.29 is 9.63 Å². The maximum atomic E-state index is 10.2. The van der Waals surface area contributed by atoms with Crippen molar-refractivity contribution in [3.8, 4) is 0 Å². The fraction of sp³-hybridized carbons (Fsp3) is 0.706. The van der Waals surface area contributed by atoms with Crippen LogP contribution in [0.2, 0.25) is 0 Å². The zero-order valence-electron chi connectivity index (χ0n) is 15.2. The van der Waals surface area contributed by atoms with Crippen LogP contribution < -0.4 is 0 Å². The van der Waals surface area contributed by atoms with Crippen molar-refractivity contribution in [3.05, 3.63) is 30.2 Å². The molecule has 0 spiro atoms. The van der Waals surface area contributed by atoms with Crippen molar-refractivity contribution >= 4 is 0 Å². The van der Waals surface area contributed by atoms with Gasteiger partial charge in [0.1, 0.15) is 0 Å². The van der Waals surface area contributed by atoms with Crippen LogP contribution in [-0.4, -0.2) is 73.7 Å². The minimum absolute atomic E-state index is 0.121. The molecular formula is C17H28N6O2. The highest BCUT2D eigenvalue weighted by Gasteiger charge is 2.26. The van der Waals surface area contributed by atoms with E-state index in [1.54, 1.807) is 10.9 Å². The third kappa shape index (κ3) is 4.65. The Bertz CT molecular complexity index is 633. The predicted octanol–water partition coefficient (Wildman–Crippen LogP) is 1.13. The Hall–Kier alpha value is -1.77. The van der Waals surface area contributed by atoms with Gasteiger partial charge in [-0.05, 0) is 13.0 Å². The minimum Gasteiger partial charge on any atom is -0.390 e. The molecule has 0 aliphatic carbocycles. The SMILES string of the molecule is CC(C)c1noc([C@H](C)N2CCN(C[C@@H](O)Cn3cccn3)CC2)n1. The highest BCUT2D eigenvalue weighted by molar-refractivity contribution is 4.96. The van der Waals surface area contributed by atoms with E-state index in [4.69, 9.17) is 4.52 Å². The van der Waals surface area contributed by atoms with E-state index in [9.17, 15) is 5.11 Å². The first-order valence-electron chi connectivity index (χ1n) is 8.98. The normalized spacial score (nSPS) is 19.4. The maximum absolute atomic E-state index is 10.2. The molecule has 2 atom stereocenters. The first-order chi connectivity index (χ1) is 12.0. The van der Waals surface area contributed by atoms with Crippen LogP contribution in [0.3, 0.4) is 0 Å². The topological polar surface area (TPSA) is 83.5 Å². The Labute approximate surface area is 148 Å². The molecule has 8 nitrogen and oxygen atoms in total. The van der Waals surface area contributed by atoms with Crippen LogP contribution in [-0.2, 0) is 6.54 Å². The molecule has 0 saturated carbocycles. The van der Waals surface area contributed by atoms with Crippen molar-refractivity contribution in [2.75, 3.05) is 32.7 Å². The molecule has 3 heterocycles. The number of aliphatic hydroxyl groups is 1. The Morgan fingerprint density at radius 2 is 1.92 bits per heavy atom. The van der Waals surface area contributed by atoms with E-state index in [1.807, 2.05) is 12.3 Å². The molecule has 1 saturated heterocycles. The van der Waals surface area contributed by atoms with E-state index >= 15 is 0 Å². The van der Waals surface area contributed by atoms with Gasteiger partial charge in [-0.3, -0.25) is 14.5 Å². The number of aromatic nitrogens is 4. The molecule has 2 aromatic rings. The number of nitrogens with zero attached hydrogens (tertiary/aromatic N) is 6. The summed E-state index contributed by atoms with van der Waals surface area (Å²) in [6, 6.07) is 1.99. The van der Waals surface area contributed by atoms with E-state index in [0.29, 0.717) is 19.0 Å². The van der Waals surface area contributed by atoms with Crippen molar-refractivity contribution in [3.63, 3.8) is 0 Å². The second-order valence-corrected chi connectivity index (χ2v) is 7.04. The lowest BCUT2D eigenvalue weighted by Crippen LogP contribution is -2.49. The maximum Gasteiger partial charge on any atom is 0.243 e. The molecule has 8 heteroatoms. The van der Waals surface area contributed by atoms with Gasteiger partial charge in [-0.1, -0.05) is 19.0 Å². The van der Waals surface area contributed by atoms with Gasteiger partial charge < -0.3 is 9.63 Å². The number of hydrogen-bond acceptors (Lipinski definition) is 7. The Kier molecular flexibility index (Phi) is 5.82. The summed E-state index contributed by atoms with van der Waals surface area (Å²) in [5.41, 5.74) is 0. The second-order valence-electron chi connectivity index (χ2n) is 7.04. The number of aliphatic hydroxyl groups excluding tert-OH is 1. The van der Waals surface area contributed by atoms with Gasteiger partial charge in [0.05, 0.1) is 18.7 Å². The summed E-state index contributed by atoms with van der Waals surface area (Å²) >= 11 is 0. The molecule has 0 radical (unpaired) electrons. The van der Waals surface area contributed by atoms with E-state index < -0.39 is 6.10 Å². The first kappa shape index (κ1) is 18.0. The summed E-state index contributed by atoms with van der Waals surface area (Å²) in [6.45, 7) is 11.1. The Morgan fingerprint density at radius 3 is 2.52 bits per heavy atom. The van der Waals surface area contributed by atoms with Crippen LogP contribution in [0.15, 0.2) is 23.0 Å². The molecule has 0 unspecified atom stereocenters. The van der Waals surface area contributed by atoms with Crippen LogP contribution in [0.4, 0.5) is 0 Å². The van der Waals surface area contributed by atoms with Crippen molar-refractivity contribution in [1.82, 2.24) is 29.7 Å². The summed E-state index contributed by atoms with van der Waals surface area (Å²) < 4.78 is 7.19. The fourth-order valence-electron chi connectivity index (χ4n) is 3.12. The third-order valence-electron chi connectivity index (χ3n) is 4.71. The summed E-state index contributed by atoms with van der Waals surface area (Å²) in [5, 5.41) is 18.4. The number of β-amino-alcohol motifs (C(OH)–C–C–N with tert-alkyl or cyclic N) is 1. The highest BCUT2D eigenvalue weighted by atomic mass is 16.5. The molecule has 1 aliphatic rings. The lowest BCUT2D eigenvalue weighted by Gasteiger charge is -2.37. The van der Waals surface area contributed by atoms with Crippen LogP contribution >= 0.6 is 0 Å². The molecule has 25 heavy (non-hydrogen) atoms. The Balaban J connectivity index is 1.46. The molecule has 138 valence electrons. The molecule has 0 bridgehead atoms. The quantitative estimate of drug-likeness (QED) is 0.803. The number of rotatable bonds is 7. The molecule has 1 fully saturated rings. The Morgan fingerprint density at radius 1 is 1.16 bits per heavy atom. The van der Waals surface area contributed by atoms with E-state index in [0.717, 1.165) is 32.0 Å². The molecule has 3 rings (SSSR count). The van der Waals surface area contributed by atoms with E-state index in [-0.39, 0.29) is 12.0 Å². The van der Waals surface area contributed by atoms with Gasteiger partial charge >= 0.3 is 0 Å². The molecule has 0 aromatic carbocycles. The molecule has 1 N–H and O–H groups in total.